The number of alkyl halides is 3. The molecular formula is C113H167F3N2O15. The molecule has 0 saturated carbocycles. The first-order valence-corrected chi connectivity index (χ1v) is 51.8. The first-order valence-electron chi connectivity index (χ1n) is 51.8. The molecule has 6 aromatic carbocycles. The van der Waals surface area contributed by atoms with E-state index < -0.39 is 97.0 Å². The maximum atomic E-state index is 15.8. The van der Waals surface area contributed by atoms with Crippen LogP contribution in [0.2, 0.25) is 0 Å². The van der Waals surface area contributed by atoms with Gasteiger partial charge in [0, 0.05) is 6.42 Å². The maximum Gasteiger partial charge on any atom is 0.416 e. The van der Waals surface area contributed by atoms with Crippen LogP contribution in [-0.4, -0.2) is 118 Å². The Morgan fingerprint density at radius 3 is 1.04 bits per heavy atom. The summed E-state index contributed by atoms with van der Waals surface area (Å²) < 4.78 is 125. The summed E-state index contributed by atoms with van der Waals surface area (Å²) in [7, 11) is 0. The Kier molecular flexibility index (Phi) is 58.9. The number of esters is 1. The second-order valence-electron chi connectivity index (χ2n) is 37.0. The molecule has 133 heavy (non-hydrogen) atoms. The average molecular weight is 1850 g/mol. The molecule has 0 bridgehead atoms. The summed E-state index contributed by atoms with van der Waals surface area (Å²) in [6.07, 6.45) is 36.6. The quantitative estimate of drug-likeness (QED) is 0.0159. The highest BCUT2D eigenvalue weighted by molar-refractivity contribution is 5.78. The number of rotatable bonds is 78. The van der Waals surface area contributed by atoms with Gasteiger partial charge in [0.15, 0.2) is 12.6 Å². The minimum atomic E-state index is -4.51. The SMILES string of the molecule is C=CCO[C@H]1O[C@H](CO[C@@H]2O[C@H](COCOCc3ccccc3)[C@@H](OCc3ccccc3)[C@H](OCc3ccccc3)[C@H]2NC(=O)C[C@@H](CCCCCCCCCCCCCCC)OC(=O)CCCCCCCCCCCCCCCCC)[C@@H](OCc2ccccc2)[C@H](OCc2ccccc2)[C@H]1NC(=O)C[C@@H](CCCCCCCCCCCCCCC)OCc1ccc(C(F)(F)F)cc1. The van der Waals surface area contributed by atoms with Crippen LogP contribution in [0.4, 0.5) is 13.2 Å². The molecule has 6 aromatic rings. The number of hydrogen-bond donors (Lipinski definition) is 2. The van der Waals surface area contributed by atoms with E-state index in [1.807, 2.05) is 152 Å². The lowest BCUT2D eigenvalue weighted by molar-refractivity contribution is -0.319. The van der Waals surface area contributed by atoms with E-state index >= 15 is 9.59 Å². The minimum Gasteiger partial charge on any atom is -0.462 e. The van der Waals surface area contributed by atoms with Gasteiger partial charge >= 0.3 is 12.1 Å². The van der Waals surface area contributed by atoms with E-state index in [4.69, 9.17) is 56.8 Å². The highest BCUT2D eigenvalue weighted by atomic mass is 19.4. The van der Waals surface area contributed by atoms with E-state index in [9.17, 15) is 18.0 Å². The third-order valence-electron chi connectivity index (χ3n) is 25.6. The monoisotopic (exact) mass is 1850 g/mol. The van der Waals surface area contributed by atoms with Crippen LogP contribution in [0, 0.1) is 0 Å². The second kappa shape index (κ2) is 70.4. The molecule has 0 aromatic heterocycles. The summed E-state index contributed by atoms with van der Waals surface area (Å²) in [5.74, 6) is -1.13. The van der Waals surface area contributed by atoms with E-state index in [1.165, 1.54) is 192 Å². The fourth-order valence-electron chi connectivity index (χ4n) is 17.9. The molecule has 17 nitrogen and oxygen atoms in total. The summed E-state index contributed by atoms with van der Waals surface area (Å²) in [6.45, 7) is 10.9. The van der Waals surface area contributed by atoms with Crippen molar-refractivity contribution in [2.24, 2.45) is 0 Å². The Morgan fingerprint density at radius 1 is 0.353 bits per heavy atom. The molecule has 2 fully saturated rings. The molecule has 740 valence electrons. The zero-order chi connectivity index (χ0) is 93.9. The number of benzene rings is 6. The number of ether oxygens (including phenoxy) is 12. The van der Waals surface area contributed by atoms with Crippen molar-refractivity contribution in [3.05, 3.63) is 228 Å². The van der Waals surface area contributed by atoms with Crippen molar-refractivity contribution in [3.63, 3.8) is 0 Å². The molecule has 2 heterocycles. The molecule has 2 aliphatic heterocycles. The van der Waals surface area contributed by atoms with E-state index in [0.717, 1.165) is 117 Å². The zero-order valence-corrected chi connectivity index (χ0v) is 81.3. The third-order valence-corrected chi connectivity index (χ3v) is 25.6. The topological polar surface area (TPSA) is 186 Å². The van der Waals surface area contributed by atoms with Crippen LogP contribution in [0.15, 0.2) is 189 Å². The predicted molar refractivity (Wildman–Crippen MR) is 525 cm³/mol. The molecule has 0 radical (unpaired) electrons. The average Bonchev–Trinajstić information content (AvgIpc) is 0.790. The van der Waals surface area contributed by atoms with Crippen molar-refractivity contribution in [3.8, 4) is 0 Å². The number of halogens is 3. The molecule has 2 amide bonds. The van der Waals surface area contributed by atoms with E-state index in [0.29, 0.717) is 24.8 Å². The minimum absolute atomic E-state index is 0.0139. The van der Waals surface area contributed by atoms with E-state index in [-0.39, 0.29) is 91.5 Å². The van der Waals surface area contributed by atoms with Crippen molar-refractivity contribution in [2.75, 3.05) is 26.6 Å². The van der Waals surface area contributed by atoms with Crippen molar-refractivity contribution in [1.29, 1.82) is 0 Å². The van der Waals surface area contributed by atoms with Crippen LogP contribution >= 0.6 is 0 Å². The van der Waals surface area contributed by atoms with Crippen molar-refractivity contribution in [2.45, 2.75) is 435 Å². The Balaban J connectivity index is 1.10. The summed E-state index contributed by atoms with van der Waals surface area (Å²) in [4.78, 5) is 45.4. The van der Waals surface area contributed by atoms with Crippen LogP contribution in [0.1, 0.15) is 355 Å². The van der Waals surface area contributed by atoms with Gasteiger partial charge in [0.05, 0.1) is 84.0 Å². The highest BCUT2D eigenvalue weighted by Gasteiger charge is 2.53. The standard InChI is InChI=1S/C113H167F3N2O15/c1-5-9-12-15-18-21-24-27-28-31-34-37-40-43-61-74-104(121)131-99(73-60-42-39-36-33-30-26-23-20-17-14-11-7-3)81-103(120)118-106-110(129-87-95-70-57-48-58-71-95)107(126-84-92-64-51-45-52-65-92)100(88-123-90-122-82-91-62-49-44-50-63-91)132-112(106)130-89-101-108(127-85-93-66-53-46-54-67-93)109(128-86-94-68-55-47-56-69-94)105(111(133-101)124-79-8-4)117-102(119)80-98(125-83-96-75-77-97(78-76-96)113(114,115)116)72-59-41-38-35-32-29-25-22-19-16-13-10-6-2/h8,44-58,62-71,75-78,98-101,105-112H,4-7,9-43,59-61,72-74,79-90H2,1-3H3,(H,117,119)(H,118,120)/t98-,99-,100-,101-,105-,106-,107-,108-,109-,110-,111+,112-/m1/s1. The number of unbranched alkanes of at least 4 members (excludes halogenated alkanes) is 38. The predicted octanol–water partition coefficient (Wildman–Crippen LogP) is 27.7. The summed E-state index contributed by atoms with van der Waals surface area (Å²) in [5, 5.41) is 6.72. The first-order chi connectivity index (χ1) is 65.3. The molecule has 2 aliphatic rings. The number of nitrogens with one attached hydrogen (secondary N) is 2. The van der Waals surface area contributed by atoms with Gasteiger partial charge in [-0.15, -0.1) is 6.58 Å². The largest absolute Gasteiger partial charge is 0.462 e. The smallest absolute Gasteiger partial charge is 0.416 e. The van der Waals surface area contributed by atoms with Crippen molar-refractivity contribution >= 4 is 17.8 Å². The normalized spacial score (nSPS) is 19.1. The van der Waals surface area contributed by atoms with Crippen LogP contribution < -0.4 is 10.6 Å². The van der Waals surface area contributed by atoms with Gasteiger partial charge in [-0.25, -0.2) is 0 Å². The maximum absolute atomic E-state index is 15.8. The van der Waals surface area contributed by atoms with Gasteiger partial charge in [-0.1, -0.05) is 441 Å². The Hall–Kier alpha value is -7.18. The number of carbonyl (C=O) groups is 3. The van der Waals surface area contributed by atoms with Gasteiger partial charge in [0.1, 0.15) is 61.6 Å². The molecule has 20 heteroatoms. The van der Waals surface area contributed by atoms with Crippen molar-refractivity contribution in [1.82, 2.24) is 10.6 Å². The number of carbonyl (C=O) groups excluding carboxylic acids is 3. The molecule has 0 spiro atoms. The molecule has 0 unspecified atom stereocenters. The van der Waals surface area contributed by atoms with E-state index in [2.05, 4.69) is 38.0 Å². The van der Waals surface area contributed by atoms with Crippen LogP contribution in [-0.2, 0) is 117 Å². The van der Waals surface area contributed by atoms with Crippen molar-refractivity contribution < 1.29 is 84.4 Å². The fraction of sp³-hybridized carbons (Fsp3) is 0.637. The van der Waals surface area contributed by atoms with Gasteiger partial charge in [-0.2, -0.15) is 13.2 Å². The molecule has 2 N–H and O–H groups in total. The van der Waals surface area contributed by atoms with Gasteiger partial charge in [-0.3, -0.25) is 14.4 Å². The third kappa shape index (κ3) is 48.1. The zero-order valence-electron chi connectivity index (χ0n) is 81.3. The van der Waals surface area contributed by atoms with Gasteiger partial charge in [0.2, 0.25) is 11.8 Å². The van der Waals surface area contributed by atoms with Gasteiger partial charge in [0.25, 0.3) is 0 Å². The van der Waals surface area contributed by atoms with E-state index in [1.54, 1.807) is 6.08 Å². The highest BCUT2D eigenvalue weighted by Crippen LogP contribution is 2.36. The van der Waals surface area contributed by atoms with Gasteiger partial charge < -0.3 is 67.5 Å². The lowest BCUT2D eigenvalue weighted by Crippen LogP contribution is -2.68. The second-order valence-corrected chi connectivity index (χ2v) is 37.0. The Labute approximate surface area is 798 Å². The Morgan fingerprint density at radius 2 is 0.669 bits per heavy atom. The molecule has 12 atom stereocenters. The first kappa shape index (κ1) is 111. The molecule has 0 aliphatic carbocycles. The van der Waals surface area contributed by atoms with Crippen LogP contribution in [0.5, 0.6) is 0 Å². The fourth-order valence-corrected chi connectivity index (χ4v) is 17.9. The van der Waals surface area contributed by atoms with Crippen LogP contribution in [0.25, 0.3) is 0 Å². The lowest BCUT2D eigenvalue weighted by Gasteiger charge is -2.48. The molecular weight excluding hydrogens is 1680 g/mol. The van der Waals surface area contributed by atoms with Crippen LogP contribution in [0.3, 0.4) is 0 Å². The summed E-state index contributed by atoms with van der Waals surface area (Å²) in [5.41, 5.74) is 4.17. The Bertz CT molecular complexity index is 3860. The lowest BCUT2D eigenvalue weighted by atomic mass is 9.94. The number of hydrogen-bond acceptors (Lipinski definition) is 15. The van der Waals surface area contributed by atoms with Gasteiger partial charge in [-0.05, 0) is 71.2 Å². The summed E-state index contributed by atoms with van der Waals surface area (Å²) in [6, 6.07) is 51.6. The molecule has 8 rings (SSSR count). The summed E-state index contributed by atoms with van der Waals surface area (Å²) >= 11 is 0. The number of amides is 2. The molecule has 2 saturated heterocycles.